The van der Waals surface area contributed by atoms with E-state index >= 15 is 0 Å². The Morgan fingerprint density at radius 3 is 1.41 bits per heavy atom. The zero-order valence-corrected chi connectivity index (χ0v) is 40.0. The monoisotopic (exact) mass is 925 g/mol. The van der Waals surface area contributed by atoms with Gasteiger partial charge in [-0.3, -0.25) is 28.8 Å². The van der Waals surface area contributed by atoms with Crippen LogP contribution < -0.4 is 54.8 Å². The summed E-state index contributed by atoms with van der Waals surface area (Å²) in [5.74, 6) is -4.52. The summed E-state index contributed by atoms with van der Waals surface area (Å²) in [5.41, 5.74) is 25.3. The molecule has 0 radical (unpaired) electrons. The van der Waals surface area contributed by atoms with E-state index < -0.39 is 83.7 Å². The van der Waals surface area contributed by atoms with E-state index in [1.54, 1.807) is 0 Å². The molecule has 0 spiro atoms. The molecule has 0 aliphatic heterocycles. The molecule has 0 saturated carbocycles. The Morgan fingerprint density at radius 2 is 0.894 bits per heavy atom. The molecule has 2 aromatic carbocycles. The Morgan fingerprint density at radius 1 is 0.485 bits per heavy atom. The first-order valence-corrected chi connectivity index (χ1v) is 23.5. The van der Waals surface area contributed by atoms with Gasteiger partial charge in [-0.05, 0) is 100 Å². The predicted octanol–water partition coefficient (Wildman–Crippen LogP) is 1.52. The van der Waals surface area contributed by atoms with Crippen molar-refractivity contribution in [3.05, 3.63) is 71.8 Å². The Hall–Kier alpha value is -5.43. The zero-order valence-electron chi connectivity index (χ0n) is 40.0. The van der Waals surface area contributed by atoms with Gasteiger partial charge >= 0.3 is 5.97 Å². The molecule has 1 unspecified atom stereocenters. The lowest BCUT2D eigenvalue weighted by molar-refractivity contribution is -0.142. The summed E-state index contributed by atoms with van der Waals surface area (Å²) in [5, 5.41) is 26.2. The maximum atomic E-state index is 13.9. The summed E-state index contributed by atoms with van der Waals surface area (Å²) in [6.45, 7) is 12.3. The number of nitrogens with two attached hydrogens (primary N) is 4. The molecule has 7 atom stereocenters. The number of carboxylic acid groups (broad SMARTS) is 1. The molecule has 6 amide bonds. The second-order valence-corrected chi connectivity index (χ2v) is 17.1. The smallest absolute Gasteiger partial charge is 0.326 e. The van der Waals surface area contributed by atoms with Crippen molar-refractivity contribution in [3.8, 4) is 0 Å². The van der Waals surface area contributed by atoms with Gasteiger partial charge in [0.2, 0.25) is 35.4 Å². The average Bonchev–Trinajstić information content (AvgIpc) is 3.28. The Balaban J connectivity index is 0.0000107. The topological polar surface area (TPSA) is 316 Å². The van der Waals surface area contributed by atoms with Crippen LogP contribution in [0.25, 0.3) is 0 Å². The van der Waals surface area contributed by atoms with E-state index in [9.17, 15) is 38.7 Å². The number of rotatable bonds is 31. The normalized spacial score (nSPS) is 14.2. The van der Waals surface area contributed by atoms with Crippen molar-refractivity contribution >= 4 is 41.4 Å². The number of carbonyl (C=O) groups is 7. The molecule has 370 valence electrons. The van der Waals surface area contributed by atoms with Crippen LogP contribution in [0.15, 0.2) is 60.7 Å². The standard InChI is InChI=1S/C46H74N10O8.C2H6/c1-29(2)25-33(49)40(57)52-36(21-14-23-48)43(60)54-37(46(63)64)19-11-12-24-51-42(59)35(20-13-22-47)53-44(61)38(26-30(3)4)56-45(62)39(28-32-17-9-6-10-18-32)55-41(58)34(50)27-31-15-7-5-8-16-31;1-2/h5-10,15-18,29-30,33-39H,11-14,19-28,47-50H2,1-4H3,(H,51,59)(H,52,57)(H,53,61)(H,54,60)(H,55,58)(H,56,62)(H,63,64);1-2H3/t33-,34-,35-,36-,37?,38-,39-;/m1./s1. The van der Waals surface area contributed by atoms with Gasteiger partial charge < -0.3 is 59.9 Å². The van der Waals surface area contributed by atoms with Gasteiger partial charge in [-0.2, -0.15) is 0 Å². The Kier molecular flexibility index (Phi) is 29.4. The Labute approximate surface area is 391 Å². The highest BCUT2D eigenvalue weighted by molar-refractivity contribution is 5.95. The fourth-order valence-corrected chi connectivity index (χ4v) is 6.96. The third kappa shape index (κ3) is 23.7. The number of carbonyl (C=O) groups excluding carboxylic acids is 6. The second kappa shape index (κ2) is 33.1. The molecule has 15 N–H and O–H groups in total. The maximum Gasteiger partial charge on any atom is 0.326 e. The van der Waals surface area contributed by atoms with Gasteiger partial charge in [0.1, 0.15) is 30.2 Å². The molecule has 2 aromatic rings. The van der Waals surface area contributed by atoms with Gasteiger partial charge in [0.25, 0.3) is 0 Å². The molecule has 66 heavy (non-hydrogen) atoms. The number of hydrogen-bond acceptors (Lipinski definition) is 11. The lowest BCUT2D eigenvalue weighted by Crippen LogP contribution is -2.58. The number of benzene rings is 2. The SMILES string of the molecule is CC.CC(C)C[C@@H](N)C(=O)N[C@H](CCCN)C(=O)NC(CCCCNC(=O)[C@@H](CCCN)NC(=O)[C@@H](CC(C)C)NC(=O)[C@@H](Cc1ccccc1)NC(=O)[C@H](N)Cc1ccccc1)C(=O)O. The molecule has 18 nitrogen and oxygen atoms in total. The van der Waals surface area contributed by atoms with Crippen LogP contribution in [0.1, 0.15) is 110 Å². The van der Waals surface area contributed by atoms with Gasteiger partial charge in [0.05, 0.1) is 12.1 Å². The van der Waals surface area contributed by atoms with Gasteiger partial charge in [0, 0.05) is 13.0 Å². The first-order chi connectivity index (χ1) is 31.4. The van der Waals surface area contributed by atoms with Crippen molar-refractivity contribution < 1.29 is 38.7 Å². The first-order valence-electron chi connectivity index (χ1n) is 23.5. The van der Waals surface area contributed by atoms with Gasteiger partial charge in [-0.15, -0.1) is 0 Å². The predicted molar refractivity (Wildman–Crippen MR) is 257 cm³/mol. The summed E-state index contributed by atoms with van der Waals surface area (Å²) < 4.78 is 0. The summed E-state index contributed by atoms with van der Waals surface area (Å²) in [6.07, 6.45) is 2.94. The van der Waals surface area contributed by atoms with Gasteiger partial charge in [-0.1, -0.05) is 102 Å². The first kappa shape index (κ1) is 58.6. The number of amides is 6. The van der Waals surface area contributed by atoms with E-state index in [-0.39, 0.29) is 70.0 Å². The van der Waals surface area contributed by atoms with Crippen LogP contribution in [0.4, 0.5) is 0 Å². The number of carboxylic acids is 1. The lowest BCUT2D eigenvalue weighted by atomic mass is 10.00. The van der Waals surface area contributed by atoms with Gasteiger partial charge in [0.15, 0.2) is 0 Å². The van der Waals surface area contributed by atoms with Crippen LogP contribution in [-0.2, 0) is 46.4 Å². The third-order valence-electron chi connectivity index (χ3n) is 10.4. The number of nitrogens with one attached hydrogen (secondary N) is 6. The molecule has 2 rings (SSSR count). The molecular formula is C48H80N10O8. The number of aliphatic carboxylic acids is 1. The largest absolute Gasteiger partial charge is 0.480 e. The van der Waals surface area contributed by atoms with E-state index in [1.807, 2.05) is 102 Å². The summed E-state index contributed by atoms with van der Waals surface area (Å²) in [4.78, 5) is 92.6. The van der Waals surface area contributed by atoms with Crippen molar-refractivity contribution in [3.63, 3.8) is 0 Å². The molecule has 0 heterocycles. The third-order valence-corrected chi connectivity index (χ3v) is 10.4. The number of unbranched alkanes of at least 4 members (excludes halogenated alkanes) is 1. The van der Waals surface area contributed by atoms with E-state index in [0.717, 1.165) is 11.1 Å². The second-order valence-electron chi connectivity index (χ2n) is 17.1. The quantitative estimate of drug-likeness (QED) is 0.0480. The van der Waals surface area contributed by atoms with Crippen molar-refractivity contribution in [2.75, 3.05) is 19.6 Å². The molecule has 0 saturated heterocycles. The lowest BCUT2D eigenvalue weighted by Gasteiger charge is -2.27. The Bertz CT molecular complexity index is 1750. The zero-order chi connectivity index (χ0) is 49.6. The van der Waals surface area contributed by atoms with Crippen LogP contribution in [0.3, 0.4) is 0 Å². The van der Waals surface area contributed by atoms with Crippen LogP contribution >= 0.6 is 0 Å². The molecule has 0 bridgehead atoms. The van der Waals surface area contributed by atoms with Crippen molar-refractivity contribution in [1.29, 1.82) is 0 Å². The van der Waals surface area contributed by atoms with Crippen molar-refractivity contribution in [2.45, 2.75) is 154 Å². The molecule has 0 aromatic heterocycles. The molecular weight excluding hydrogens is 845 g/mol. The van der Waals surface area contributed by atoms with Crippen LogP contribution in [-0.4, -0.2) is 108 Å². The highest BCUT2D eigenvalue weighted by Gasteiger charge is 2.32. The summed E-state index contributed by atoms with van der Waals surface area (Å²) >= 11 is 0. The minimum Gasteiger partial charge on any atom is -0.480 e. The van der Waals surface area contributed by atoms with Crippen molar-refractivity contribution in [2.24, 2.45) is 34.8 Å². The summed E-state index contributed by atoms with van der Waals surface area (Å²) in [7, 11) is 0. The van der Waals surface area contributed by atoms with Gasteiger partial charge in [-0.25, -0.2) is 4.79 Å². The van der Waals surface area contributed by atoms with E-state index in [0.29, 0.717) is 32.1 Å². The van der Waals surface area contributed by atoms with E-state index in [2.05, 4.69) is 31.9 Å². The molecule has 0 aliphatic carbocycles. The molecule has 0 fully saturated rings. The highest BCUT2D eigenvalue weighted by Crippen LogP contribution is 2.11. The molecule has 18 heteroatoms. The van der Waals surface area contributed by atoms with Crippen LogP contribution in [0.2, 0.25) is 0 Å². The minimum absolute atomic E-state index is 0.0377. The van der Waals surface area contributed by atoms with E-state index in [1.165, 1.54) is 0 Å². The fourth-order valence-electron chi connectivity index (χ4n) is 6.96. The number of hydrogen-bond donors (Lipinski definition) is 11. The van der Waals surface area contributed by atoms with Crippen molar-refractivity contribution in [1.82, 2.24) is 31.9 Å². The van der Waals surface area contributed by atoms with E-state index in [4.69, 9.17) is 22.9 Å². The molecule has 0 aliphatic rings. The fraction of sp³-hybridized carbons (Fsp3) is 0.604. The average molecular weight is 925 g/mol. The van der Waals surface area contributed by atoms with Crippen LogP contribution in [0, 0.1) is 11.8 Å². The minimum atomic E-state index is -1.26. The highest BCUT2D eigenvalue weighted by atomic mass is 16.4. The summed E-state index contributed by atoms with van der Waals surface area (Å²) in [6, 6.07) is 11.2. The maximum absolute atomic E-state index is 13.9. The van der Waals surface area contributed by atoms with Crippen LogP contribution in [0.5, 0.6) is 0 Å².